The Hall–Kier alpha value is -1.46. The van der Waals surface area contributed by atoms with Gasteiger partial charge in [-0.1, -0.05) is 0 Å². The van der Waals surface area contributed by atoms with Crippen LogP contribution in [0.15, 0.2) is 12.1 Å². The van der Waals surface area contributed by atoms with Crippen molar-refractivity contribution in [1.29, 1.82) is 0 Å². The van der Waals surface area contributed by atoms with Gasteiger partial charge in [-0.3, -0.25) is 0 Å². The maximum atomic E-state index is 6.14. The number of methoxy groups -OCH3 is 3. The SMILES string of the molecule is COc1ccc([C@H](N)CCCN)c(OC)c1OC. The highest BCUT2D eigenvalue weighted by atomic mass is 16.5. The van der Waals surface area contributed by atoms with Crippen LogP contribution in [0.3, 0.4) is 0 Å². The summed E-state index contributed by atoms with van der Waals surface area (Å²) in [6, 6.07) is 3.61. The van der Waals surface area contributed by atoms with Gasteiger partial charge in [-0.05, 0) is 31.5 Å². The highest BCUT2D eigenvalue weighted by Crippen LogP contribution is 2.42. The Bertz CT molecular complexity index is 383. The van der Waals surface area contributed by atoms with Crippen LogP contribution in [-0.4, -0.2) is 27.9 Å². The van der Waals surface area contributed by atoms with Crippen LogP contribution in [0.4, 0.5) is 0 Å². The lowest BCUT2D eigenvalue weighted by Crippen LogP contribution is -2.14. The maximum Gasteiger partial charge on any atom is 0.203 e. The molecule has 0 bridgehead atoms. The van der Waals surface area contributed by atoms with Crippen molar-refractivity contribution in [3.05, 3.63) is 17.7 Å². The summed E-state index contributed by atoms with van der Waals surface area (Å²) in [7, 11) is 4.76. The first-order valence-electron chi connectivity index (χ1n) is 5.94. The molecule has 0 saturated carbocycles. The molecule has 0 radical (unpaired) electrons. The van der Waals surface area contributed by atoms with E-state index in [0.717, 1.165) is 18.4 Å². The Morgan fingerprint density at radius 1 is 1.06 bits per heavy atom. The van der Waals surface area contributed by atoms with Crippen LogP contribution in [0.1, 0.15) is 24.4 Å². The summed E-state index contributed by atoms with van der Waals surface area (Å²) in [5.74, 6) is 1.83. The Balaban J connectivity index is 3.11. The number of benzene rings is 1. The number of hydrogen-bond acceptors (Lipinski definition) is 5. The Morgan fingerprint density at radius 2 is 1.72 bits per heavy atom. The monoisotopic (exact) mass is 254 g/mol. The normalized spacial score (nSPS) is 12.1. The van der Waals surface area contributed by atoms with E-state index in [0.29, 0.717) is 23.8 Å². The van der Waals surface area contributed by atoms with E-state index in [9.17, 15) is 0 Å². The van der Waals surface area contributed by atoms with Crippen molar-refractivity contribution in [2.75, 3.05) is 27.9 Å². The van der Waals surface area contributed by atoms with E-state index in [1.54, 1.807) is 21.3 Å². The molecule has 1 atom stereocenters. The molecule has 1 aromatic rings. The van der Waals surface area contributed by atoms with Gasteiger partial charge in [0.15, 0.2) is 11.5 Å². The molecule has 1 aromatic carbocycles. The Kier molecular flexibility index (Phi) is 5.74. The van der Waals surface area contributed by atoms with E-state index in [4.69, 9.17) is 25.7 Å². The number of nitrogens with two attached hydrogens (primary N) is 2. The lowest BCUT2D eigenvalue weighted by atomic mass is 10.0. The number of hydrogen-bond donors (Lipinski definition) is 2. The van der Waals surface area contributed by atoms with E-state index >= 15 is 0 Å². The van der Waals surface area contributed by atoms with Gasteiger partial charge in [0.05, 0.1) is 21.3 Å². The summed E-state index contributed by atoms with van der Waals surface area (Å²) in [6.45, 7) is 0.628. The van der Waals surface area contributed by atoms with Crippen molar-refractivity contribution in [2.24, 2.45) is 11.5 Å². The molecule has 0 spiro atoms. The van der Waals surface area contributed by atoms with Crippen LogP contribution in [0.2, 0.25) is 0 Å². The summed E-state index contributed by atoms with van der Waals surface area (Å²) < 4.78 is 15.9. The van der Waals surface area contributed by atoms with Crippen LogP contribution in [0, 0.1) is 0 Å². The van der Waals surface area contributed by atoms with Gasteiger partial charge in [-0.2, -0.15) is 0 Å². The fourth-order valence-electron chi connectivity index (χ4n) is 1.91. The standard InChI is InChI=1S/C13H22N2O3/c1-16-11-7-6-9(10(15)5-4-8-14)12(17-2)13(11)18-3/h6-7,10H,4-5,8,14-15H2,1-3H3/t10-/m1/s1. The molecule has 0 aliphatic heterocycles. The molecule has 5 heteroatoms. The van der Waals surface area contributed by atoms with Crippen LogP contribution in [0.5, 0.6) is 17.2 Å². The van der Waals surface area contributed by atoms with Crippen LogP contribution >= 0.6 is 0 Å². The summed E-state index contributed by atoms with van der Waals surface area (Å²) in [4.78, 5) is 0. The smallest absolute Gasteiger partial charge is 0.203 e. The molecule has 0 amide bonds. The first-order valence-corrected chi connectivity index (χ1v) is 5.94. The second kappa shape index (κ2) is 7.08. The Morgan fingerprint density at radius 3 is 2.22 bits per heavy atom. The molecule has 0 aliphatic carbocycles. The third-order valence-electron chi connectivity index (χ3n) is 2.85. The zero-order valence-electron chi connectivity index (χ0n) is 11.2. The van der Waals surface area contributed by atoms with Crippen LogP contribution in [-0.2, 0) is 0 Å². The second-order valence-electron chi connectivity index (χ2n) is 3.96. The molecule has 102 valence electrons. The molecule has 0 unspecified atom stereocenters. The van der Waals surface area contributed by atoms with Gasteiger partial charge in [0.25, 0.3) is 0 Å². The molecule has 18 heavy (non-hydrogen) atoms. The highest BCUT2D eigenvalue weighted by Gasteiger charge is 2.19. The van der Waals surface area contributed by atoms with Crippen molar-refractivity contribution in [3.63, 3.8) is 0 Å². The zero-order valence-corrected chi connectivity index (χ0v) is 11.2. The van der Waals surface area contributed by atoms with Gasteiger partial charge in [0.2, 0.25) is 5.75 Å². The predicted octanol–water partition coefficient (Wildman–Crippen LogP) is 1.45. The first-order chi connectivity index (χ1) is 8.69. The van der Waals surface area contributed by atoms with E-state index < -0.39 is 0 Å². The van der Waals surface area contributed by atoms with Crippen molar-refractivity contribution in [1.82, 2.24) is 0 Å². The molecular weight excluding hydrogens is 232 g/mol. The minimum Gasteiger partial charge on any atom is -0.493 e. The molecule has 5 nitrogen and oxygen atoms in total. The minimum atomic E-state index is -0.122. The molecular formula is C13H22N2O3. The van der Waals surface area contributed by atoms with E-state index in [1.807, 2.05) is 12.1 Å². The lowest BCUT2D eigenvalue weighted by Gasteiger charge is -2.19. The predicted molar refractivity (Wildman–Crippen MR) is 71.3 cm³/mol. The topological polar surface area (TPSA) is 79.7 Å². The average Bonchev–Trinajstić information content (AvgIpc) is 2.42. The minimum absolute atomic E-state index is 0.122. The van der Waals surface area contributed by atoms with E-state index in [1.165, 1.54) is 0 Å². The van der Waals surface area contributed by atoms with Gasteiger partial charge in [-0.25, -0.2) is 0 Å². The summed E-state index contributed by atoms with van der Waals surface area (Å²) in [6.07, 6.45) is 1.68. The summed E-state index contributed by atoms with van der Waals surface area (Å²) >= 11 is 0. The van der Waals surface area contributed by atoms with Crippen molar-refractivity contribution >= 4 is 0 Å². The average molecular weight is 254 g/mol. The molecule has 0 aromatic heterocycles. The summed E-state index contributed by atoms with van der Waals surface area (Å²) in [5.41, 5.74) is 12.5. The third-order valence-corrected chi connectivity index (χ3v) is 2.85. The first kappa shape index (κ1) is 14.6. The fraction of sp³-hybridized carbons (Fsp3) is 0.538. The van der Waals surface area contributed by atoms with E-state index in [2.05, 4.69) is 0 Å². The molecule has 0 heterocycles. The molecule has 0 aliphatic rings. The van der Waals surface area contributed by atoms with Gasteiger partial charge >= 0.3 is 0 Å². The summed E-state index contributed by atoms with van der Waals surface area (Å²) in [5, 5.41) is 0. The Labute approximate surface area is 108 Å². The molecule has 1 rings (SSSR count). The third kappa shape index (κ3) is 3.05. The van der Waals surface area contributed by atoms with Crippen molar-refractivity contribution in [2.45, 2.75) is 18.9 Å². The highest BCUT2D eigenvalue weighted by molar-refractivity contribution is 5.56. The van der Waals surface area contributed by atoms with Crippen molar-refractivity contribution in [3.8, 4) is 17.2 Å². The quantitative estimate of drug-likeness (QED) is 0.770. The van der Waals surface area contributed by atoms with Crippen LogP contribution in [0.25, 0.3) is 0 Å². The number of rotatable bonds is 7. The van der Waals surface area contributed by atoms with Gasteiger partial charge in [0, 0.05) is 11.6 Å². The zero-order chi connectivity index (χ0) is 13.5. The largest absolute Gasteiger partial charge is 0.493 e. The molecule has 4 N–H and O–H groups in total. The fourth-order valence-corrected chi connectivity index (χ4v) is 1.91. The second-order valence-corrected chi connectivity index (χ2v) is 3.96. The van der Waals surface area contributed by atoms with Crippen LogP contribution < -0.4 is 25.7 Å². The van der Waals surface area contributed by atoms with Gasteiger partial charge < -0.3 is 25.7 Å². The maximum absolute atomic E-state index is 6.14. The van der Waals surface area contributed by atoms with E-state index in [-0.39, 0.29) is 6.04 Å². The van der Waals surface area contributed by atoms with Gasteiger partial charge in [0.1, 0.15) is 0 Å². The molecule has 0 saturated heterocycles. The lowest BCUT2D eigenvalue weighted by molar-refractivity contribution is 0.320. The van der Waals surface area contributed by atoms with Crippen molar-refractivity contribution < 1.29 is 14.2 Å². The number of ether oxygens (including phenoxy) is 3. The molecule has 0 fully saturated rings. The van der Waals surface area contributed by atoms with Gasteiger partial charge in [-0.15, -0.1) is 0 Å².